The summed E-state index contributed by atoms with van der Waals surface area (Å²) in [5.41, 5.74) is -1.49. The fourth-order valence-electron chi connectivity index (χ4n) is 4.08. The number of sulfone groups is 1. The summed E-state index contributed by atoms with van der Waals surface area (Å²) in [4.78, 5) is 39.3. The molecule has 0 saturated heterocycles. The van der Waals surface area contributed by atoms with Gasteiger partial charge in [-0.25, -0.2) is 17.6 Å². The summed E-state index contributed by atoms with van der Waals surface area (Å²) in [5.74, 6) is -3.68. The molecule has 0 spiro atoms. The normalized spacial score (nSPS) is 16.7. The Balaban J connectivity index is 2.04. The summed E-state index contributed by atoms with van der Waals surface area (Å²) in [5, 5.41) is 4.45. The molecule has 2 N–H and O–H groups in total. The minimum atomic E-state index is -4.44. The highest BCUT2D eigenvalue weighted by Crippen LogP contribution is 2.34. The van der Waals surface area contributed by atoms with E-state index in [0.29, 0.717) is 17.4 Å². The second-order valence-corrected chi connectivity index (χ2v) is 12.5. The Labute approximate surface area is 240 Å². The van der Waals surface area contributed by atoms with E-state index in [2.05, 4.69) is 10.6 Å². The van der Waals surface area contributed by atoms with Gasteiger partial charge in [-0.2, -0.15) is 13.2 Å². The summed E-state index contributed by atoms with van der Waals surface area (Å²) in [6, 6.07) is 6.18. The predicted molar refractivity (Wildman–Crippen MR) is 143 cm³/mol. The van der Waals surface area contributed by atoms with Crippen molar-refractivity contribution in [1.82, 2.24) is 10.6 Å². The fourth-order valence-corrected chi connectivity index (χ4v) is 5.70. The third-order valence-corrected chi connectivity index (χ3v) is 7.75. The Bertz CT molecular complexity index is 1440. The molecule has 0 unspecified atom stereocenters. The van der Waals surface area contributed by atoms with Crippen LogP contribution in [0.2, 0.25) is 0 Å². The zero-order valence-electron chi connectivity index (χ0n) is 23.3. The number of fused-ring (bicyclic) bond motifs is 1. The lowest BCUT2D eigenvalue weighted by Crippen LogP contribution is -2.51. The van der Waals surface area contributed by atoms with Gasteiger partial charge < -0.3 is 25.0 Å². The van der Waals surface area contributed by atoms with E-state index in [1.165, 1.54) is 7.11 Å². The van der Waals surface area contributed by atoms with Crippen LogP contribution in [0.3, 0.4) is 0 Å². The van der Waals surface area contributed by atoms with Gasteiger partial charge in [-0.1, -0.05) is 12.1 Å². The van der Waals surface area contributed by atoms with Crippen molar-refractivity contribution < 1.29 is 49.8 Å². The Kier molecular flexibility index (Phi) is 9.75. The summed E-state index contributed by atoms with van der Waals surface area (Å²) < 4.78 is 89.5. The van der Waals surface area contributed by atoms with Crippen LogP contribution in [-0.2, 0) is 25.9 Å². The number of benzene rings is 2. The van der Waals surface area contributed by atoms with Crippen molar-refractivity contribution in [3.63, 3.8) is 0 Å². The number of anilines is 1. The molecule has 0 saturated carbocycles. The molecule has 230 valence electrons. The third-order valence-electron chi connectivity index (χ3n) is 5.98. The highest BCUT2D eigenvalue weighted by molar-refractivity contribution is 7.91. The Hall–Kier alpha value is -3.88. The van der Waals surface area contributed by atoms with E-state index in [0.717, 1.165) is 11.0 Å². The Morgan fingerprint density at radius 1 is 1.10 bits per heavy atom. The van der Waals surface area contributed by atoms with E-state index in [-0.39, 0.29) is 12.2 Å². The standard InChI is InChI=1S/C27H31F4N3O7S/c1-26(2,3)41-25(37)33-20-15-42(38,39)22-13-19(28)18(23(35)32-11-5-10-27(29,30)31)12-21(22)34(24(20)36)14-16-6-8-17(40-4)9-7-16/h6-9,12-13,20H,5,10-11,14-15H2,1-4H3,(H,32,35)(H,33,37)/t20-/m0/s1. The molecule has 0 radical (unpaired) electrons. The molecular weight excluding hydrogens is 586 g/mol. The van der Waals surface area contributed by atoms with Crippen molar-refractivity contribution in [2.24, 2.45) is 0 Å². The topological polar surface area (TPSA) is 131 Å². The fraction of sp³-hybridized carbons (Fsp3) is 0.444. The van der Waals surface area contributed by atoms with E-state index in [9.17, 15) is 36.0 Å². The quantitative estimate of drug-likeness (QED) is 0.337. The number of carbonyl (C=O) groups is 3. The number of carbonyl (C=O) groups excluding carboxylic acids is 3. The maximum Gasteiger partial charge on any atom is 0.408 e. The smallest absolute Gasteiger partial charge is 0.408 e. The van der Waals surface area contributed by atoms with E-state index in [4.69, 9.17) is 9.47 Å². The first-order valence-corrected chi connectivity index (χ1v) is 14.4. The lowest BCUT2D eigenvalue weighted by atomic mass is 10.1. The SMILES string of the molecule is COc1ccc(CN2C(=O)[C@@H](NC(=O)OC(C)(C)C)CS(=O)(=O)c3cc(F)c(C(=O)NCCCC(F)(F)F)cc32)cc1. The molecule has 3 amide bonds. The van der Waals surface area contributed by atoms with Crippen LogP contribution in [0.25, 0.3) is 0 Å². The van der Waals surface area contributed by atoms with Crippen LogP contribution in [0.15, 0.2) is 41.3 Å². The molecule has 0 fully saturated rings. The van der Waals surface area contributed by atoms with E-state index in [1.807, 2.05) is 0 Å². The van der Waals surface area contributed by atoms with Gasteiger partial charge in [0.05, 0.1) is 35.6 Å². The summed E-state index contributed by atoms with van der Waals surface area (Å²) in [6.45, 7) is 4.04. The molecular formula is C27H31F4N3O7S. The van der Waals surface area contributed by atoms with Crippen molar-refractivity contribution in [3.05, 3.63) is 53.3 Å². The molecule has 42 heavy (non-hydrogen) atoms. The average molecular weight is 618 g/mol. The third kappa shape index (κ3) is 8.57. The van der Waals surface area contributed by atoms with Gasteiger partial charge in [-0.3, -0.25) is 9.59 Å². The zero-order chi connectivity index (χ0) is 31.5. The monoisotopic (exact) mass is 617 g/mol. The number of hydrogen-bond acceptors (Lipinski definition) is 7. The molecule has 0 aromatic heterocycles. The molecule has 0 aliphatic carbocycles. The van der Waals surface area contributed by atoms with Crippen LogP contribution in [0.4, 0.5) is 28.0 Å². The molecule has 1 heterocycles. The maximum atomic E-state index is 15.1. The average Bonchev–Trinajstić information content (AvgIpc) is 2.93. The van der Waals surface area contributed by atoms with Crippen molar-refractivity contribution in [1.29, 1.82) is 0 Å². The molecule has 10 nitrogen and oxygen atoms in total. The number of nitrogens with one attached hydrogen (secondary N) is 2. The zero-order valence-corrected chi connectivity index (χ0v) is 24.1. The molecule has 2 aromatic rings. The minimum absolute atomic E-state index is 0.254. The number of hydrogen-bond donors (Lipinski definition) is 2. The van der Waals surface area contributed by atoms with Crippen LogP contribution >= 0.6 is 0 Å². The van der Waals surface area contributed by atoms with Crippen molar-refractivity contribution in [3.8, 4) is 5.75 Å². The van der Waals surface area contributed by atoms with Crippen LogP contribution in [0.5, 0.6) is 5.75 Å². The molecule has 15 heteroatoms. The largest absolute Gasteiger partial charge is 0.497 e. The van der Waals surface area contributed by atoms with Gasteiger partial charge in [0.1, 0.15) is 23.2 Å². The molecule has 3 rings (SSSR count). The van der Waals surface area contributed by atoms with Crippen LogP contribution in [0, 0.1) is 5.82 Å². The van der Waals surface area contributed by atoms with Gasteiger partial charge in [0, 0.05) is 13.0 Å². The number of nitrogens with zero attached hydrogens (tertiary/aromatic N) is 1. The number of alkyl halides is 3. The van der Waals surface area contributed by atoms with Gasteiger partial charge >= 0.3 is 12.3 Å². The van der Waals surface area contributed by atoms with Gasteiger partial charge in [0.15, 0.2) is 9.84 Å². The number of rotatable bonds is 8. The Morgan fingerprint density at radius 2 is 1.74 bits per heavy atom. The van der Waals surface area contributed by atoms with E-state index < -0.39 is 87.0 Å². The summed E-state index contributed by atoms with van der Waals surface area (Å²) in [7, 11) is -2.99. The molecule has 1 atom stereocenters. The van der Waals surface area contributed by atoms with Crippen molar-refractivity contribution >= 4 is 33.4 Å². The van der Waals surface area contributed by atoms with Gasteiger partial charge in [0.25, 0.3) is 11.8 Å². The second kappa shape index (κ2) is 12.5. The van der Waals surface area contributed by atoms with Crippen LogP contribution in [0.1, 0.15) is 49.5 Å². The highest BCUT2D eigenvalue weighted by atomic mass is 32.2. The summed E-state index contributed by atoms with van der Waals surface area (Å²) >= 11 is 0. The second-order valence-electron chi connectivity index (χ2n) is 10.5. The number of alkyl carbamates (subject to hydrolysis) is 1. The first-order valence-electron chi connectivity index (χ1n) is 12.8. The first kappa shape index (κ1) is 32.6. The number of methoxy groups -OCH3 is 1. The van der Waals surface area contributed by atoms with E-state index in [1.54, 1.807) is 45.0 Å². The number of halogens is 4. The van der Waals surface area contributed by atoms with Gasteiger partial charge in [-0.15, -0.1) is 0 Å². The van der Waals surface area contributed by atoms with Gasteiger partial charge in [0.2, 0.25) is 0 Å². The van der Waals surface area contributed by atoms with Crippen molar-refractivity contribution in [2.75, 3.05) is 24.3 Å². The summed E-state index contributed by atoms with van der Waals surface area (Å²) in [6.07, 6.45) is -7.14. The number of amides is 3. The van der Waals surface area contributed by atoms with E-state index >= 15 is 4.39 Å². The number of ether oxygens (including phenoxy) is 2. The Morgan fingerprint density at radius 3 is 2.31 bits per heavy atom. The van der Waals surface area contributed by atoms with Crippen LogP contribution < -0.4 is 20.3 Å². The van der Waals surface area contributed by atoms with Crippen molar-refractivity contribution in [2.45, 2.75) is 62.9 Å². The molecule has 2 aromatic carbocycles. The first-order chi connectivity index (χ1) is 19.4. The lowest BCUT2D eigenvalue weighted by molar-refractivity contribution is -0.135. The maximum absolute atomic E-state index is 15.1. The molecule has 1 aliphatic rings. The molecule has 0 bridgehead atoms. The predicted octanol–water partition coefficient (Wildman–Crippen LogP) is 4.12. The molecule has 1 aliphatic heterocycles. The lowest BCUT2D eigenvalue weighted by Gasteiger charge is -2.27. The highest BCUT2D eigenvalue weighted by Gasteiger charge is 2.40. The van der Waals surface area contributed by atoms with Gasteiger partial charge in [-0.05, 0) is 57.0 Å². The minimum Gasteiger partial charge on any atom is -0.497 e. The van der Waals surface area contributed by atoms with Crippen LogP contribution in [-0.4, -0.2) is 63.6 Å².